The van der Waals surface area contributed by atoms with E-state index in [0.29, 0.717) is 11.6 Å². The van der Waals surface area contributed by atoms with Crippen molar-refractivity contribution in [3.63, 3.8) is 0 Å². The molecular formula is C13H17N3O2. The summed E-state index contributed by atoms with van der Waals surface area (Å²) in [6, 6.07) is 7.14. The van der Waals surface area contributed by atoms with Crippen molar-refractivity contribution in [3.05, 3.63) is 41.9 Å². The van der Waals surface area contributed by atoms with Gasteiger partial charge < -0.3 is 9.84 Å². The summed E-state index contributed by atoms with van der Waals surface area (Å²) in [6.45, 7) is 2.85. The maximum absolute atomic E-state index is 10.3. The average Bonchev–Trinajstić information content (AvgIpc) is 2.86. The molecule has 0 aliphatic rings. The van der Waals surface area contributed by atoms with E-state index in [9.17, 15) is 5.11 Å². The summed E-state index contributed by atoms with van der Waals surface area (Å²) in [6.07, 6.45) is 1.87. The third kappa shape index (κ3) is 2.51. The molecule has 5 heteroatoms. The zero-order valence-corrected chi connectivity index (χ0v) is 10.6. The minimum absolute atomic E-state index is 0.494. The number of rotatable bonds is 5. The van der Waals surface area contributed by atoms with Gasteiger partial charge in [0, 0.05) is 18.8 Å². The highest BCUT2D eigenvalue weighted by Gasteiger charge is 2.16. The molecule has 0 fully saturated rings. The number of hydrogen-bond acceptors (Lipinski definition) is 4. The lowest BCUT2D eigenvalue weighted by atomic mass is 10.1. The van der Waals surface area contributed by atoms with Gasteiger partial charge in [0.1, 0.15) is 6.10 Å². The number of pyridine rings is 1. The Morgan fingerprint density at radius 1 is 1.39 bits per heavy atom. The van der Waals surface area contributed by atoms with Gasteiger partial charge in [-0.3, -0.25) is 4.68 Å². The number of aryl methyl sites for hydroxylation is 1. The number of aromatic nitrogens is 3. The Kier molecular flexibility index (Phi) is 3.94. The molecule has 18 heavy (non-hydrogen) atoms. The van der Waals surface area contributed by atoms with Crippen LogP contribution in [-0.4, -0.2) is 27.0 Å². The molecule has 2 rings (SSSR count). The predicted molar refractivity (Wildman–Crippen MR) is 67.4 cm³/mol. The van der Waals surface area contributed by atoms with E-state index in [2.05, 4.69) is 17.0 Å². The van der Waals surface area contributed by atoms with E-state index in [1.807, 2.05) is 12.1 Å². The van der Waals surface area contributed by atoms with Crippen molar-refractivity contribution in [2.75, 3.05) is 7.11 Å². The summed E-state index contributed by atoms with van der Waals surface area (Å²) in [5, 5.41) is 14.5. The Labute approximate surface area is 106 Å². The first kappa shape index (κ1) is 12.6. The van der Waals surface area contributed by atoms with E-state index in [1.54, 1.807) is 30.1 Å². The van der Waals surface area contributed by atoms with Gasteiger partial charge in [-0.1, -0.05) is 13.0 Å². The van der Waals surface area contributed by atoms with Gasteiger partial charge in [-0.2, -0.15) is 5.10 Å². The quantitative estimate of drug-likeness (QED) is 0.875. The lowest BCUT2D eigenvalue weighted by Crippen LogP contribution is -2.11. The molecule has 1 atom stereocenters. The van der Waals surface area contributed by atoms with Gasteiger partial charge in [0.25, 0.3) is 0 Å². The van der Waals surface area contributed by atoms with E-state index in [4.69, 9.17) is 4.74 Å². The molecule has 96 valence electrons. The van der Waals surface area contributed by atoms with E-state index in [1.165, 1.54) is 0 Å². The third-order valence-electron chi connectivity index (χ3n) is 2.70. The summed E-state index contributed by atoms with van der Waals surface area (Å²) < 4.78 is 6.85. The maximum atomic E-state index is 10.3. The summed E-state index contributed by atoms with van der Waals surface area (Å²) in [5.74, 6) is 0.494. The summed E-state index contributed by atoms with van der Waals surface area (Å²) in [5.41, 5.74) is 1.31. The second kappa shape index (κ2) is 5.64. The first-order chi connectivity index (χ1) is 8.76. The monoisotopic (exact) mass is 247 g/mol. The molecule has 1 unspecified atom stereocenters. The Balaban J connectivity index is 2.29. The van der Waals surface area contributed by atoms with Crippen LogP contribution < -0.4 is 4.74 Å². The van der Waals surface area contributed by atoms with Crippen LogP contribution in [0.15, 0.2) is 30.5 Å². The third-order valence-corrected chi connectivity index (χ3v) is 2.70. The summed E-state index contributed by atoms with van der Waals surface area (Å²) >= 11 is 0. The SMILES string of the molecule is CCCn1nccc1C(O)c1cccc(OC)n1. The van der Waals surface area contributed by atoms with Crippen LogP contribution in [0.2, 0.25) is 0 Å². The van der Waals surface area contributed by atoms with Crippen molar-refractivity contribution in [2.45, 2.75) is 26.0 Å². The topological polar surface area (TPSA) is 60.2 Å². The lowest BCUT2D eigenvalue weighted by molar-refractivity contribution is 0.201. The minimum atomic E-state index is -0.783. The number of nitrogens with zero attached hydrogens (tertiary/aromatic N) is 3. The number of hydrogen-bond donors (Lipinski definition) is 1. The van der Waals surface area contributed by atoms with E-state index >= 15 is 0 Å². The molecule has 0 bridgehead atoms. The van der Waals surface area contributed by atoms with Crippen molar-refractivity contribution in [3.8, 4) is 5.88 Å². The molecule has 0 saturated carbocycles. The highest BCUT2D eigenvalue weighted by Crippen LogP contribution is 2.21. The van der Waals surface area contributed by atoms with Crippen LogP contribution in [-0.2, 0) is 6.54 Å². The highest BCUT2D eigenvalue weighted by atomic mass is 16.5. The lowest BCUT2D eigenvalue weighted by Gasteiger charge is -2.13. The fraction of sp³-hybridized carbons (Fsp3) is 0.385. The van der Waals surface area contributed by atoms with Crippen LogP contribution in [0.3, 0.4) is 0 Å². The standard InChI is InChI=1S/C13H17N3O2/c1-3-9-16-11(7-8-14-16)13(17)10-5-4-6-12(15-10)18-2/h4-8,13,17H,3,9H2,1-2H3. The normalized spacial score (nSPS) is 12.4. The number of ether oxygens (including phenoxy) is 1. The largest absolute Gasteiger partial charge is 0.481 e. The van der Waals surface area contributed by atoms with E-state index in [-0.39, 0.29) is 0 Å². The Morgan fingerprint density at radius 2 is 2.22 bits per heavy atom. The molecule has 0 aliphatic heterocycles. The van der Waals surface area contributed by atoms with Crippen LogP contribution >= 0.6 is 0 Å². The summed E-state index contributed by atoms with van der Waals surface area (Å²) in [4.78, 5) is 4.24. The van der Waals surface area contributed by atoms with Gasteiger partial charge in [-0.15, -0.1) is 0 Å². The van der Waals surface area contributed by atoms with Gasteiger partial charge in [0.2, 0.25) is 5.88 Å². The zero-order chi connectivity index (χ0) is 13.0. The van der Waals surface area contributed by atoms with Gasteiger partial charge in [-0.25, -0.2) is 4.98 Å². The van der Waals surface area contributed by atoms with Gasteiger partial charge in [0.15, 0.2) is 0 Å². The molecule has 2 aromatic heterocycles. The second-order valence-electron chi connectivity index (χ2n) is 3.99. The van der Waals surface area contributed by atoms with E-state index in [0.717, 1.165) is 18.7 Å². The van der Waals surface area contributed by atoms with Crippen LogP contribution in [0.25, 0.3) is 0 Å². The Hall–Kier alpha value is -1.88. The maximum Gasteiger partial charge on any atom is 0.213 e. The number of methoxy groups -OCH3 is 1. The molecule has 2 heterocycles. The van der Waals surface area contributed by atoms with Crippen molar-refractivity contribution < 1.29 is 9.84 Å². The Morgan fingerprint density at radius 3 is 2.94 bits per heavy atom. The van der Waals surface area contributed by atoms with Crippen LogP contribution in [0, 0.1) is 0 Å². The number of aliphatic hydroxyl groups excluding tert-OH is 1. The minimum Gasteiger partial charge on any atom is -0.481 e. The van der Waals surface area contributed by atoms with Crippen LogP contribution in [0.5, 0.6) is 5.88 Å². The van der Waals surface area contributed by atoms with Crippen molar-refractivity contribution in [2.24, 2.45) is 0 Å². The molecule has 0 spiro atoms. The zero-order valence-electron chi connectivity index (χ0n) is 10.6. The van der Waals surface area contributed by atoms with Gasteiger partial charge in [-0.05, 0) is 18.6 Å². The highest BCUT2D eigenvalue weighted by molar-refractivity contribution is 5.23. The molecule has 1 N–H and O–H groups in total. The fourth-order valence-electron chi connectivity index (χ4n) is 1.82. The summed E-state index contributed by atoms with van der Waals surface area (Å²) in [7, 11) is 1.56. The predicted octanol–water partition coefficient (Wildman–Crippen LogP) is 1.78. The first-order valence-electron chi connectivity index (χ1n) is 5.97. The van der Waals surface area contributed by atoms with Crippen LogP contribution in [0.4, 0.5) is 0 Å². The average molecular weight is 247 g/mol. The molecule has 2 aromatic rings. The smallest absolute Gasteiger partial charge is 0.213 e. The van der Waals surface area contributed by atoms with Crippen molar-refractivity contribution in [1.82, 2.24) is 14.8 Å². The first-order valence-corrected chi connectivity index (χ1v) is 5.97. The molecule has 0 aliphatic carbocycles. The van der Waals surface area contributed by atoms with Crippen molar-refractivity contribution >= 4 is 0 Å². The van der Waals surface area contributed by atoms with Crippen molar-refractivity contribution in [1.29, 1.82) is 0 Å². The number of aliphatic hydroxyl groups is 1. The van der Waals surface area contributed by atoms with Gasteiger partial charge >= 0.3 is 0 Å². The van der Waals surface area contributed by atoms with Crippen LogP contribution in [0.1, 0.15) is 30.8 Å². The molecule has 0 amide bonds. The molecule has 0 aromatic carbocycles. The Bertz CT molecular complexity index is 510. The molecule has 0 radical (unpaired) electrons. The van der Waals surface area contributed by atoms with Gasteiger partial charge in [0.05, 0.1) is 18.5 Å². The molecular weight excluding hydrogens is 230 g/mol. The van der Waals surface area contributed by atoms with E-state index < -0.39 is 6.10 Å². The second-order valence-corrected chi connectivity index (χ2v) is 3.99. The fourth-order valence-corrected chi connectivity index (χ4v) is 1.82. The molecule has 5 nitrogen and oxygen atoms in total. The molecule has 0 saturated heterocycles.